The Bertz CT molecular complexity index is 1330. The van der Waals surface area contributed by atoms with E-state index in [9.17, 15) is 14.0 Å². The van der Waals surface area contributed by atoms with E-state index < -0.39 is 5.63 Å². The van der Waals surface area contributed by atoms with Crippen molar-refractivity contribution in [1.82, 2.24) is 14.8 Å². The number of nitrogens with zero attached hydrogens (tertiary/aromatic N) is 3. The largest absolute Gasteiger partial charge is 0.422 e. The number of rotatable bonds is 4. The van der Waals surface area contributed by atoms with E-state index >= 15 is 0 Å². The van der Waals surface area contributed by atoms with Crippen molar-refractivity contribution >= 4 is 40.6 Å². The maximum absolute atomic E-state index is 13.1. The summed E-state index contributed by atoms with van der Waals surface area (Å²) in [6.45, 7) is 3.13. The van der Waals surface area contributed by atoms with E-state index in [1.807, 2.05) is 17.5 Å². The molecule has 1 saturated heterocycles. The summed E-state index contributed by atoms with van der Waals surface area (Å²) < 4.78 is 18.4. The van der Waals surface area contributed by atoms with E-state index in [1.165, 1.54) is 12.1 Å². The quantitative estimate of drug-likeness (QED) is 0.400. The fraction of sp³-hybridized carbons (Fsp3) is 0.208. The number of hydrogen-bond donors (Lipinski definition) is 0. The molecular weight excluding hydrogens is 465 g/mol. The number of hydrogen-bond acceptors (Lipinski definition) is 6. The zero-order chi connectivity index (χ0) is 22.1. The highest BCUT2D eigenvalue weighted by Gasteiger charge is 2.25. The minimum atomic E-state index is -0.604. The van der Waals surface area contributed by atoms with Crippen LogP contribution in [0.1, 0.15) is 15.4 Å². The summed E-state index contributed by atoms with van der Waals surface area (Å²) in [4.78, 5) is 33.8. The molecule has 1 amide bonds. The summed E-state index contributed by atoms with van der Waals surface area (Å²) in [6, 6.07) is 15.1. The van der Waals surface area contributed by atoms with E-state index in [0.717, 1.165) is 21.7 Å². The SMILES string of the molecule is Cl.O=C(c1cc2ccccc2oc1=O)N1CCN(Cc2nc(-c3ccc(F)cc3)cs2)CC1. The van der Waals surface area contributed by atoms with Crippen molar-refractivity contribution in [3.8, 4) is 11.3 Å². The van der Waals surface area contributed by atoms with Gasteiger partial charge in [-0.2, -0.15) is 0 Å². The Morgan fingerprint density at radius 3 is 2.55 bits per heavy atom. The Kier molecular flexibility index (Phi) is 6.88. The predicted octanol–water partition coefficient (Wildman–Crippen LogP) is 4.44. The average molecular weight is 486 g/mol. The minimum Gasteiger partial charge on any atom is -0.422 e. The lowest BCUT2D eigenvalue weighted by Crippen LogP contribution is -2.49. The van der Waals surface area contributed by atoms with E-state index in [1.54, 1.807) is 46.6 Å². The van der Waals surface area contributed by atoms with Gasteiger partial charge in [-0.1, -0.05) is 18.2 Å². The van der Waals surface area contributed by atoms with Crippen LogP contribution >= 0.6 is 23.7 Å². The molecule has 1 aliphatic heterocycles. The first kappa shape index (κ1) is 23.1. The molecular formula is C24H21ClFN3O3S. The van der Waals surface area contributed by atoms with Crippen LogP contribution in [-0.2, 0) is 6.54 Å². The van der Waals surface area contributed by atoms with Crippen LogP contribution in [0, 0.1) is 5.82 Å². The predicted molar refractivity (Wildman–Crippen MR) is 128 cm³/mol. The third-order valence-electron chi connectivity index (χ3n) is 5.58. The molecule has 0 saturated carbocycles. The van der Waals surface area contributed by atoms with E-state index in [2.05, 4.69) is 9.88 Å². The molecule has 33 heavy (non-hydrogen) atoms. The Morgan fingerprint density at radius 2 is 1.79 bits per heavy atom. The summed E-state index contributed by atoms with van der Waals surface area (Å²) in [5, 5.41) is 3.68. The molecule has 3 heterocycles. The molecule has 0 aliphatic carbocycles. The summed E-state index contributed by atoms with van der Waals surface area (Å²) >= 11 is 1.57. The number of benzene rings is 2. The molecule has 6 nitrogen and oxygen atoms in total. The average Bonchev–Trinajstić information content (AvgIpc) is 3.27. The van der Waals surface area contributed by atoms with Crippen LogP contribution in [0.4, 0.5) is 4.39 Å². The second-order valence-electron chi connectivity index (χ2n) is 7.69. The van der Waals surface area contributed by atoms with E-state index in [4.69, 9.17) is 4.42 Å². The first-order valence-corrected chi connectivity index (χ1v) is 11.2. The molecule has 0 atom stereocenters. The molecule has 5 rings (SSSR count). The number of thiazole rings is 1. The van der Waals surface area contributed by atoms with Gasteiger partial charge in [0.25, 0.3) is 5.91 Å². The third-order valence-corrected chi connectivity index (χ3v) is 6.42. The monoisotopic (exact) mass is 485 g/mol. The molecule has 0 spiro atoms. The van der Waals surface area contributed by atoms with E-state index in [0.29, 0.717) is 38.3 Å². The smallest absolute Gasteiger partial charge is 0.349 e. The van der Waals surface area contributed by atoms with Crippen molar-refractivity contribution in [2.24, 2.45) is 0 Å². The summed E-state index contributed by atoms with van der Waals surface area (Å²) in [5.74, 6) is -0.560. The van der Waals surface area contributed by atoms with Crippen LogP contribution < -0.4 is 5.63 Å². The van der Waals surface area contributed by atoms with Crippen LogP contribution in [-0.4, -0.2) is 46.9 Å². The zero-order valence-electron chi connectivity index (χ0n) is 17.6. The molecule has 0 radical (unpaired) electrons. The van der Waals surface area contributed by atoms with Gasteiger partial charge < -0.3 is 9.32 Å². The number of carbonyl (C=O) groups excluding carboxylic acids is 1. The number of fused-ring (bicyclic) bond motifs is 1. The fourth-order valence-corrected chi connectivity index (χ4v) is 4.66. The van der Waals surface area contributed by atoms with Gasteiger partial charge in [0.2, 0.25) is 0 Å². The van der Waals surface area contributed by atoms with Gasteiger partial charge in [0, 0.05) is 42.5 Å². The Morgan fingerprint density at radius 1 is 1.06 bits per heavy atom. The van der Waals surface area contributed by atoms with Gasteiger partial charge in [0.1, 0.15) is 22.0 Å². The Hall–Kier alpha value is -3.07. The number of para-hydroxylation sites is 1. The second kappa shape index (κ2) is 9.82. The lowest BCUT2D eigenvalue weighted by Gasteiger charge is -2.34. The maximum Gasteiger partial charge on any atom is 0.349 e. The first-order valence-electron chi connectivity index (χ1n) is 10.3. The molecule has 0 unspecified atom stereocenters. The lowest BCUT2D eigenvalue weighted by molar-refractivity contribution is 0.0624. The number of piperazine rings is 1. The highest BCUT2D eigenvalue weighted by molar-refractivity contribution is 7.09. The van der Waals surface area contributed by atoms with Gasteiger partial charge >= 0.3 is 5.63 Å². The molecule has 4 aromatic rings. The third kappa shape index (κ3) is 4.98. The zero-order valence-corrected chi connectivity index (χ0v) is 19.2. The van der Waals surface area contributed by atoms with Crippen LogP contribution in [0.3, 0.4) is 0 Å². The van der Waals surface area contributed by atoms with Crippen molar-refractivity contribution in [3.05, 3.63) is 86.8 Å². The van der Waals surface area contributed by atoms with Crippen LogP contribution in [0.25, 0.3) is 22.2 Å². The topological polar surface area (TPSA) is 66.7 Å². The highest BCUT2D eigenvalue weighted by atomic mass is 35.5. The summed E-state index contributed by atoms with van der Waals surface area (Å²) in [7, 11) is 0. The van der Waals surface area contributed by atoms with Gasteiger partial charge in [-0.15, -0.1) is 23.7 Å². The van der Waals surface area contributed by atoms with Crippen LogP contribution in [0.2, 0.25) is 0 Å². The summed E-state index contributed by atoms with van der Waals surface area (Å²) in [6.07, 6.45) is 0. The maximum atomic E-state index is 13.1. The molecule has 2 aromatic heterocycles. The van der Waals surface area contributed by atoms with E-state index in [-0.39, 0.29) is 29.7 Å². The molecule has 9 heteroatoms. The molecule has 170 valence electrons. The van der Waals surface area contributed by atoms with Crippen LogP contribution in [0.15, 0.2) is 69.2 Å². The molecule has 0 bridgehead atoms. The van der Waals surface area contributed by atoms with Gasteiger partial charge in [-0.3, -0.25) is 9.69 Å². The van der Waals surface area contributed by atoms with Gasteiger partial charge in [0.05, 0.1) is 12.2 Å². The van der Waals surface area contributed by atoms with Gasteiger partial charge in [-0.25, -0.2) is 14.2 Å². The lowest BCUT2D eigenvalue weighted by atomic mass is 10.1. The number of aromatic nitrogens is 1. The Labute approximate surface area is 199 Å². The second-order valence-corrected chi connectivity index (χ2v) is 8.63. The molecule has 0 N–H and O–H groups in total. The molecule has 1 fully saturated rings. The van der Waals surface area contributed by atoms with Gasteiger partial charge in [-0.05, 0) is 36.4 Å². The molecule has 1 aliphatic rings. The fourth-order valence-electron chi connectivity index (χ4n) is 3.82. The van der Waals surface area contributed by atoms with Crippen LogP contribution in [0.5, 0.6) is 0 Å². The Balaban J connectivity index is 0.00000259. The van der Waals surface area contributed by atoms with Crippen molar-refractivity contribution in [1.29, 1.82) is 0 Å². The van der Waals surface area contributed by atoms with Crippen molar-refractivity contribution in [3.63, 3.8) is 0 Å². The number of amides is 1. The first-order chi connectivity index (χ1) is 15.6. The summed E-state index contributed by atoms with van der Waals surface area (Å²) in [5.41, 5.74) is 1.66. The van der Waals surface area contributed by atoms with Crippen molar-refractivity contribution in [2.75, 3.05) is 26.2 Å². The van der Waals surface area contributed by atoms with Crippen molar-refractivity contribution in [2.45, 2.75) is 6.54 Å². The molecule has 2 aromatic carbocycles. The number of carbonyl (C=O) groups is 1. The van der Waals surface area contributed by atoms with Crippen molar-refractivity contribution < 1.29 is 13.6 Å². The van der Waals surface area contributed by atoms with Gasteiger partial charge in [0.15, 0.2) is 0 Å². The number of halogens is 2. The minimum absolute atomic E-state index is 0. The normalized spacial score (nSPS) is 14.3. The standard InChI is InChI=1S/C24H20FN3O3S.ClH/c25-18-7-5-16(6-8-18)20-15-32-22(26-20)14-27-9-11-28(12-10-27)23(29)19-13-17-3-1-2-4-21(17)31-24(19)30;/h1-8,13,15H,9-12,14H2;1H. The highest BCUT2D eigenvalue weighted by Crippen LogP contribution is 2.23.